The number of nitrogens with one attached hydrogen (secondary N) is 2. The van der Waals surface area contributed by atoms with Crippen molar-refractivity contribution in [3.8, 4) is 22.9 Å². The molecular formula is C21H17ClFN7O. The number of hydrogen-bond acceptors (Lipinski definition) is 7. The summed E-state index contributed by atoms with van der Waals surface area (Å²) >= 11 is 5.84. The second-order valence-electron chi connectivity index (χ2n) is 6.92. The predicted octanol–water partition coefficient (Wildman–Crippen LogP) is 3.72. The lowest BCUT2D eigenvalue weighted by atomic mass is 10.0. The van der Waals surface area contributed by atoms with Crippen LogP contribution in [0.5, 0.6) is 5.75 Å². The molecule has 1 aliphatic heterocycles. The molecule has 3 heterocycles. The van der Waals surface area contributed by atoms with E-state index in [2.05, 4.69) is 21.5 Å². The zero-order valence-electron chi connectivity index (χ0n) is 16.4. The van der Waals surface area contributed by atoms with Crippen molar-refractivity contribution in [3.63, 3.8) is 0 Å². The number of aromatic nitrogens is 3. The fourth-order valence-electron chi connectivity index (χ4n) is 3.45. The van der Waals surface area contributed by atoms with Gasteiger partial charge in [0.15, 0.2) is 17.3 Å². The Labute approximate surface area is 182 Å². The Bertz CT molecular complexity index is 1280. The van der Waals surface area contributed by atoms with Crippen LogP contribution in [0.4, 0.5) is 15.9 Å². The van der Waals surface area contributed by atoms with Crippen molar-refractivity contribution in [1.82, 2.24) is 14.8 Å². The molecule has 0 saturated heterocycles. The third-order valence-electron chi connectivity index (χ3n) is 4.85. The molecule has 31 heavy (non-hydrogen) atoms. The summed E-state index contributed by atoms with van der Waals surface area (Å²) in [6.07, 6.45) is 3.27. The minimum absolute atomic E-state index is 0.0199. The molecule has 8 nitrogen and oxygen atoms in total. The normalized spacial score (nSPS) is 14.2. The summed E-state index contributed by atoms with van der Waals surface area (Å²) in [6.45, 7) is 0.0199. The standard InChI is InChI=1S/C21H17ClFN7O/c1-30-17-6-14(7-19(22)25)28-15-3-2-13(23)4-12(15)10-31-18-5-11(9-27-21(18)26)20(17)16(8-24)29-30/h2-5,7,9,25,28H,6,10H2,1H3,(H2,26,27)/b14-7-,25-19?. The quantitative estimate of drug-likeness (QED) is 0.498. The molecule has 2 bridgehead atoms. The van der Waals surface area contributed by atoms with E-state index in [1.807, 2.05) is 0 Å². The highest BCUT2D eigenvalue weighted by Crippen LogP contribution is 2.34. The van der Waals surface area contributed by atoms with Gasteiger partial charge in [0.05, 0.1) is 5.69 Å². The molecule has 1 aromatic carbocycles. The number of allylic oxidation sites excluding steroid dienone is 2. The molecule has 1 aliphatic rings. The lowest BCUT2D eigenvalue weighted by Crippen LogP contribution is -2.12. The Morgan fingerprint density at radius 2 is 2.26 bits per heavy atom. The van der Waals surface area contributed by atoms with Gasteiger partial charge in [-0.3, -0.25) is 10.1 Å². The van der Waals surface area contributed by atoms with Crippen LogP contribution in [0.2, 0.25) is 0 Å². The molecule has 2 aromatic heterocycles. The Hall–Kier alpha value is -3.90. The number of fused-ring (bicyclic) bond motifs is 5. The zero-order valence-corrected chi connectivity index (χ0v) is 17.2. The maximum Gasteiger partial charge on any atom is 0.170 e. The Morgan fingerprint density at radius 3 is 3.00 bits per heavy atom. The molecule has 10 heteroatoms. The molecule has 0 fully saturated rings. The van der Waals surface area contributed by atoms with Crippen molar-refractivity contribution in [3.05, 3.63) is 65.0 Å². The zero-order chi connectivity index (χ0) is 22.1. The van der Waals surface area contributed by atoms with Gasteiger partial charge in [-0.05, 0) is 30.3 Å². The van der Waals surface area contributed by atoms with Gasteiger partial charge in [-0.25, -0.2) is 9.37 Å². The van der Waals surface area contributed by atoms with Crippen molar-refractivity contribution in [2.24, 2.45) is 7.05 Å². The Balaban J connectivity index is 1.96. The first-order valence-corrected chi connectivity index (χ1v) is 9.58. The van der Waals surface area contributed by atoms with Crippen LogP contribution in [0.1, 0.15) is 17.0 Å². The third kappa shape index (κ3) is 4.06. The Kier molecular flexibility index (Phi) is 5.31. The number of rotatable bonds is 1. The molecule has 0 atom stereocenters. The first kappa shape index (κ1) is 20.4. The number of nitrogen functional groups attached to an aromatic ring is 1. The van der Waals surface area contributed by atoms with Crippen LogP contribution in [-0.2, 0) is 20.1 Å². The van der Waals surface area contributed by atoms with Gasteiger partial charge in [0.2, 0.25) is 0 Å². The van der Waals surface area contributed by atoms with Crippen molar-refractivity contribution in [2.75, 3.05) is 11.1 Å². The maximum atomic E-state index is 13.9. The van der Waals surface area contributed by atoms with E-state index >= 15 is 0 Å². The second-order valence-corrected chi connectivity index (χ2v) is 7.33. The van der Waals surface area contributed by atoms with Crippen molar-refractivity contribution in [2.45, 2.75) is 13.0 Å². The minimum Gasteiger partial charge on any atom is -0.485 e. The van der Waals surface area contributed by atoms with E-state index in [1.54, 1.807) is 30.1 Å². The fraction of sp³-hybridized carbons (Fsp3) is 0.143. The summed E-state index contributed by atoms with van der Waals surface area (Å²) in [7, 11) is 1.72. The van der Waals surface area contributed by atoms with Gasteiger partial charge in [0.25, 0.3) is 0 Å². The number of nitriles is 1. The minimum atomic E-state index is -0.417. The number of hydrogen-bond donors (Lipinski definition) is 3. The number of ether oxygens (including phenoxy) is 1. The van der Waals surface area contributed by atoms with E-state index in [1.165, 1.54) is 18.2 Å². The van der Waals surface area contributed by atoms with Gasteiger partial charge in [-0.1, -0.05) is 11.6 Å². The van der Waals surface area contributed by atoms with Crippen LogP contribution in [0.3, 0.4) is 0 Å². The van der Waals surface area contributed by atoms with E-state index in [9.17, 15) is 9.65 Å². The van der Waals surface area contributed by atoms with Gasteiger partial charge in [0, 0.05) is 47.7 Å². The van der Waals surface area contributed by atoms with Crippen LogP contribution < -0.4 is 15.8 Å². The molecule has 4 rings (SSSR count). The average molecular weight is 438 g/mol. The number of pyridine rings is 1. The molecule has 156 valence electrons. The van der Waals surface area contributed by atoms with Gasteiger partial charge in [-0.15, -0.1) is 0 Å². The van der Waals surface area contributed by atoms with Gasteiger partial charge < -0.3 is 15.8 Å². The summed E-state index contributed by atoms with van der Waals surface area (Å²) < 4.78 is 21.4. The smallest absolute Gasteiger partial charge is 0.170 e. The molecule has 0 unspecified atom stereocenters. The van der Waals surface area contributed by atoms with Crippen LogP contribution in [0.25, 0.3) is 11.1 Å². The molecule has 0 saturated carbocycles. The molecule has 0 spiro atoms. The largest absolute Gasteiger partial charge is 0.485 e. The fourth-order valence-corrected chi connectivity index (χ4v) is 3.58. The number of halogens is 2. The van der Waals surface area contributed by atoms with Crippen LogP contribution in [0.15, 0.2) is 42.2 Å². The van der Waals surface area contributed by atoms with Crippen LogP contribution in [0, 0.1) is 22.6 Å². The molecule has 3 aromatic rings. The number of aryl methyl sites for hydroxylation is 1. The SMILES string of the molecule is Cn1nc(C#N)c2c1C/C(=C/C(=N)Cl)Nc1ccc(F)cc1COc1cc-2cnc1N. The number of nitrogens with two attached hydrogens (primary N) is 1. The molecule has 0 radical (unpaired) electrons. The van der Waals surface area contributed by atoms with E-state index in [0.717, 1.165) is 0 Å². The van der Waals surface area contributed by atoms with Gasteiger partial charge >= 0.3 is 0 Å². The third-order valence-corrected chi connectivity index (χ3v) is 4.96. The summed E-state index contributed by atoms with van der Waals surface area (Å²) in [6, 6.07) is 8.05. The Morgan fingerprint density at radius 1 is 1.45 bits per heavy atom. The van der Waals surface area contributed by atoms with E-state index in [4.69, 9.17) is 27.5 Å². The van der Waals surface area contributed by atoms with Gasteiger partial charge in [-0.2, -0.15) is 10.4 Å². The molecule has 4 N–H and O–H groups in total. The highest BCUT2D eigenvalue weighted by molar-refractivity contribution is 6.67. The summed E-state index contributed by atoms with van der Waals surface area (Å²) in [5.74, 6) is 0.0661. The summed E-state index contributed by atoms with van der Waals surface area (Å²) in [5, 5.41) is 24.7. The van der Waals surface area contributed by atoms with Crippen molar-refractivity contribution >= 4 is 28.3 Å². The summed E-state index contributed by atoms with van der Waals surface area (Å²) in [4.78, 5) is 4.20. The van der Waals surface area contributed by atoms with Crippen molar-refractivity contribution < 1.29 is 9.13 Å². The number of benzene rings is 1. The summed E-state index contributed by atoms with van der Waals surface area (Å²) in [5.41, 5.74) is 9.75. The van der Waals surface area contributed by atoms with Crippen LogP contribution >= 0.6 is 11.6 Å². The maximum absolute atomic E-state index is 13.9. The van der Waals surface area contributed by atoms with Crippen LogP contribution in [-0.4, -0.2) is 19.9 Å². The highest BCUT2D eigenvalue weighted by atomic mass is 35.5. The lowest BCUT2D eigenvalue weighted by molar-refractivity contribution is 0.307. The van der Waals surface area contributed by atoms with E-state index < -0.39 is 5.82 Å². The second kappa shape index (κ2) is 8.08. The average Bonchev–Trinajstić information content (AvgIpc) is 3.03. The lowest BCUT2D eigenvalue weighted by Gasteiger charge is -2.18. The number of anilines is 2. The molecular weight excluding hydrogens is 421 g/mol. The van der Waals surface area contributed by atoms with Crippen molar-refractivity contribution in [1.29, 1.82) is 10.7 Å². The first-order valence-electron chi connectivity index (χ1n) is 9.20. The molecule has 0 amide bonds. The van der Waals surface area contributed by atoms with E-state index in [-0.39, 0.29) is 29.7 Å². The highest BCUT2D eigenvalue weighted by Gasteiger charge is 2.22. The molecule has 0 aliphatic carbocycles. The number of nitrogens with zero attached hydrogens (tertiary/aromatic N) is 4. The monoisotopic (exact) mass is 437 g/mol. The van der Waals surface area contributed by atoms with E-state index in [0.29, 0.717) is 39.5 Å². The topological polar surface area (TPSA) is 126 Å². The van der Waals surface area contributed by atoms with Gasteiger partial charge in [0.1, 0.15) is 23.7 Å². The first-order chi connectivity index (χ1) is 14.9. The predicted molar refractivity (Wildman–Crippen MR) is 115 cm³/mol.